The van der Waals surface area contributed by atoms with E-state index in [0.29, 0.717) is 11.3 Å². The molecule has 0 aliphatic carbocycles. The Balaban J connectivity index is 2.56. The van der Waals surface area contributed by atoms with Crippen molar-refractivity contribution in [1.29, 1.82) is 5.26 Å². The number of carbonyl (C=O) groups excluding carboxylic acids is 2. The highest BCUT2D eigenvalue weighted by molar-refractivity contribution is 6.52. The lowest BCUT2D eigenvalue weighted by atomic mass is 10.1. The van der Waals surface area contributed by atoms with Crippen molar-refractivity contribution in [3.8, 4) is 6.07 Å². The molecule has 4 nitrogen and oxygen atoms in total. The fourth-order valence-electron chi connectivity index (χ4n) is 1.64. The maximum Gasteiger partial charge on any atom is 0.300 e. The summed E-state index contributed by atoms with van der Waals surface area (Å²) in [6.07, 6.45) is 0. The Morgan fingerprint density at radius 2 is 2.13 bits per heavy atom. The molecular formula is C11H8N2O2. The third-order valence-corrected chi connectivity index (χ3v) is 2.36. The van der Waals surface area contributed by atoms with Crippen LogP contribution >= 0.6 is 0 Å². The summed E-state index contributed by atoms with van der Waals surface area (Å²) in [5.41, 5.74) is 1.86. The zero-order chi connectivity index (χ0) is 11.0. The average molecular weight is 200 g/mol. The topological polar surface area (TPSA) is 61.2 Å². The zero-order valence-corrected chi connectivity index (χ0v) is 8.15. The maximum atomic E-state index is 11.5. The van der Waals surface area contributed by atoms with Gasteiger partial charge in [-0.05, 0) is 19.1 Å². The lowest BCUT2D eigenvalue weighted by Gasteiger charge is -2.11. The van der Waals surface area contributed by atoms with E-state index in [0.717, 1.165) is 5.56 Å². The van der Waals surface area contributed by atoms with E-state index in [4.69, 9.17) is 5.26 Å². The van der Waals surface area contributed by atoms with E-state index < -0.39 is 11.7 Å². The fraction of sp³-hybridized carbons (Fsp3) is 0.182. The molecule has 1 heterocycles. The van der Waals surface area contributed by atoms with Crippen LogP contribution in [0.25, 0.3) is 0 Å². The van der Waals surface area contributed by atoms with E-state index in [1.807, 2.05) is 19.1 Å². The number of rotatable bonds is 1. The number of Topliss-reactive ketones (excluding diaryl/α,β-unsaturated/α-hetero) is 1. The number of aryl methyl sites for hydroxylation is 1. The van der Waals surface area contributed by atoms with Gasteiger partial charge in [-0.25, -0.2) is 0 Å². The van der Waals surface area contributed by atoms with E-state index in [1.54, 1.807) is 12.1 Å². The van der Waals surface area contributed by atoms with E-state index in [9.17, 15) is 9.59 Å². The molecule has 1 aromatic carbocycles. The standard InChI is InChI=1S/C11H8N2O2/c1-7-2-3-9-8(6-7)10(14)11(15)13(9)5-4-12/h2-3,6H,5H2,1H3. The predicted octanol–water partition coefficient (Wildman–Crippen LogP) is 1.05. The highest BCUT2D eigenvalue weighted by atomic mass is 16.2. The molecule has 0 radical (unpaired) electrons. The summed E-state index contributed by atoms with van der Waals surface area (Å²) in [6, 6.07) is 7.06. The molecule has 74 valence electrons. The first-order chi connectivity index (χ1) is 7.15. The van der Waals surface area contributed by atoms with Crippen LogP contribution in [0.3, 0.4) is 0 Å². The third-order valence-electron chi connectivity index (χ3n) is 2.36. The van der Waals surface area contributed by atoms with Crippen LogP contribution in [-0.2, 0) is 4.79 Å². The molecule has 1 aliphatic rings. The van der Waals surface area contributed by atoms with E-state index in [-0.39, 0.29) is 6.54 Å². The van der Waals surface area contributed by atoms with Crippen molar-refractivity contribution in [2.75, 3.05) is 11.4 Å². The number of nitrogens with zero attached hydrogens (tertiary/aromatic N) is 2. The zero-order valence-electron chi connectivity index (χ0n) is 8.15. The molecule has 0 saturated carbocycles. The number of hydrogen-bond donors (Lipinski definition) is 0. The number of benzene rings is 1. The van der Waals surface area contributed by atoms with Crippen molar-refractivity contribution < 1.29 is 9.59 Å². The number of anilines is 1. The van der Waals surface area contributed by atoms with Crippen molar-refractivity contribution in [3.05, 3.63) is 29.3 Å². The monoisotopic (exact) mass is 200 g/mol. The first-order valence-electron chi connectivity index (χ1n) is 4.49. The summed E-state index contributed by atoms with van der Waals surface area (Å²) >= 11 is 0. The maximum absolute atomic E-state index is 11.5. The van der Waals surface area contributed by atoms with Gasteiger partial charge in [-0.2, -0.15) is 5.26 Å². The quantitative estimate of drug-likeness (QED) is 0.502. The number of fused-ring (bicyclic) bond motifs is 1. The number of carbonyl (C=O) groups is 2. The van der Waals surface area contributed by atoms with Crippen molar-refractivity contribution in [1.82, 2.24) is 0 Å². The molecule has 0 unspecified atom stereocenters. The van der Waals surface area contributed by atoms with Crippen LogP contribution in [0.2, 0.25) is 0 Å². The molecule has 15 heavy (non-hydrogen) atoms. The molecule has 0 atom stereocenters. The second kappa shape index (κ2) is 3.21. The first-order valence-corrected chi connectivity index (χ1v) is 4.49. The summed E-state index contributed by atoms with van der Waals surface area (Å²) in [5.74, 6) is -1.14. The SMILES string of the molecule is Cc1ccc2c(c1)C(=O)C(=O)N2CC#N. The fourth-order valence-corrected chi connectivity index (χ4v) is 1.64. The molecule has 0 fully saturated rings. The second-order valence-electron chi connectivity index (χ2n) is 3.40. The molecule has 1 amide bonds. The average Bonchev–Trinajstić information content (AvgIpc) is 2.44. The van der Waals surface area contributed by atoms with Gasteiger partial charge in [0.2, 0.25) is 0 Å². The summed E-state index contributed by atoms with van der Waals surface area (Å²) in [4.78, 5) is 24.2. The normalized spacial score (nSPS) is 14.0. The highest BCUT2D eigenvalue weighted by Crippen LogP contribution is 2.29. The van der Waals surface area contributed by atoms with E-state index in [1.165, 1.54) is 4.90 Å². The summed E-state index contributed by atoms with van der Waals surface area (Å²) in [7, 11) is 0. The molecule has 0 N–H and O–H groups in total. The number of hydrogen-bond acceptors (Lipinski definition) is 3. The van der Waals surface area contributed by atoms with Crippen molar-refractivity contribution in [3.63, 3.8) is 0 Å². The Morgan fingerprint density at radius 1 is 1.40 bits per heavy atom. The van der Waals surface area contributed by atoms with Gasteiger partial charge in [0.25, 0.3) is 11.7 Å². The summed E-state index contributed by atoms with van der Waals surface area (Å²) in [6.45, 7) is 1.77. The highest BCUT2D eigenvalue weighted by Gasteiger charge is 2.35. The van der Waals surface area contributed by atoms with Crippen molar-refractivity contribution >= 4 is 17.4 Å². The molecule has 1 aliphatic heterocycles. The van der Waals surface area contributed by atoms with Gasteiger partial charge in [0.15, 0.2) is 0 Å². The van der Waals surface area contributed by atoms with Crippen LogP contribution in [0.1, 0.15) is 15.9 Å². The largest absolute Gasteiger partial charge is 0.300 e. The van der Waals surface area contributed by atoms with Gasteiger partial charge in [-0.15, -0.1) is 0 Å². The molecule has 4 heteroatoms. The Labute approximate surface area is 86.7 Å². The Kier molecular flexibility index (Phi) is 2.01. The number of ketones is 1. The number of nitriles is 1. The molecule has 0 bridgehead atoms. The van der Waals surface area contributed by atoms with Gasteiger partial charge in [-0.1, -0.05) is 11.6 Å². The van der Waals surface area contributed by atoms with Crippen molar-refractivity contribution in [2.45, 2.75) is 6.92 Å². The van der Waals surface area contributed by atoms with Crippen LogP contribution in [0, 0.1) is 18.3 Å². The second-order valence-corrected chi connectivity index (χ2v) is 3.40. The van der Waals surface area contributed by atoms with Gasteiger partial charge < -0.3 is 0 Å². The summed E-state index contributed by atoms with van der Waals surface area (Å²) < 4.78 is 0. The molecular weight excluding hydrogens is 192 g/mol. The van der Waals surface area contributed by atoms with E-state index in [2.05, 4.69) is 0 Å². The van der Waals surface area contributed by atoms with Crippen molar-refractivity contribution in [2.24, 2.45) is 0 Å². The van der Waals surface area contributed by atoms with Crippen LogP contribution in [0.4, 0.5) is 5.69 Å². The van der Waals surface area contributed by atoms with Gasteiger partial charge in [-0.3, -0.25) is 14.5 Å². The molecule has 1 aromatic rings. The third kappa shape index (κ3) is 1.29. The van der Waals surface area contributed by atoms with Gasteiger partial charge >= 0.3 is 0 Å². The molecule has 0 saturated heterocycles. The first kappa shape index (κ1) is 9.41. The lowest BCUT2D eigenvalue weighted by molar-refractivity contribution is -0.114. The van der Waals surface area contributed by atoms with Crippen LogP contribution < -0.4 is 4.90 Å². The number of amides is 1. The molecule has 2 rings (SSSR count). The van der Waals surface area contributed by atoms with Crippen LogP contribution in [0.15, 0.2) is 18.2 Å². The molecule has 0 spiro atoms. The van der Waals surface area contributed by atoms with Crippen LogP contribution in [-0.4, -0.2) is 18.2 Å². The molecule has 0 aromatic heterocycles. The van der Waals surface area contributed by atoms with E-state index >= 15 is 0 Å². The van der Waals surface area contributed by atoms with Gasteiger partial charge in [0.1, 0.15) is 6.54 Å². The predicted molar refractivity (Wildman–Crippen MR) is 53.5 cm³/mol. The lowest BCUT2D eigenvalue weighted by Crippen LogP contribution is -2.29. The smallest absolute Gasteiger partial charge is 0.291 e. The Morgan fingerprint density at radius 3 is 2.80 bits per heavy atom. The minimum Gasteiger partial charge on any atom is -0.291 e. The van der Waals surface area contributed by atoms with Gasteiger partial charge in [0.05, 0.1) is 17.3 Å². The Hall–Kier alpha value is -2.15. The van der Waals surface area contributed by atoms with Crippen LogP contribution in [0.5, 0.6) is 0 Å². The minimum atomic E-state index is -0.614. The summed E-state index contributed by atoms with van der Waals surface area (Å²) in [5, 5.41) is 8.56. The Bertz CT molecular complexity index is 500. The minimum absolute atomic E-state index is 0.0827. The van der Waals surface area contributed by atoms with Gasteiger partial charge in [0, 0.05) is 0 Å².